The molecule has 0 saturated carbocycles. The molecule has 0 fully saturated rings. The SMILES string of the molecule is CCOc1cc(Cl)c(C(Cl)c2cccs2)cc1Cl. The number of halogens is 3. The Hall–Kier alpha value is -0.410. The molecular formula is C13H11Cl3OS. The van der Waals surface area contributed by atoms with E-state index in [0.717, 1.165) is 10.4 Å². The van der Waals surface area contributed by atoms with E-state index in [9.17, 15) is 0 Å². The molecule has 2 aromatic rings. The molecule has 1 nitrogen and oxygen atoms in total. The summed E-state index contributed by atoms with van der Waals surface area (Å²) in [4.78, 5) is 1.04. The van der Waals surface area contributed by atoms with E-state index in [1.807, 2.05) is 24.4 Å². The smallest absolute Gasteiger partial charge is 0.139 e. The summed E-state index contributed by atoms with van der Waals surface area (Å²) in [5, 5.41) is 2.79. The predicted molar refractivity (Wildman–Crippen MR) is 79.6 cm³/mol. The minimum Gasteiger partial charge on any atom is -0.492 e. The third-order valence-corrected chi connectivity index (χ3v) is 4.58. The lowest BCUT2D eigenvalue weighted by molar-refractivity contribution is 0.340. The van der Waals surface area contributed by atoms with Gasteiger partial charge in [0.2, 0.25) is 0 Å². The van der Waals surface area contributed by atoms with Gasteiger partial charge in [0.15, 0.2) is 0 Å². The molecule has 18 heavy (non-hydrogen) atoms. The fourth-order valence-electron chi connectivity index (χ4n) is 1.59. The third kappa shape index (κ3) is 2.94. The van der Waals surface area contributed by atoms with Crippen LogP contribution in [-0.2, 0) is 0 Å². The standard InChI is InChI=1S/C13H11Cl3OS/c1-2-17-11-7-9(14)8(6-10(11)15)13(16)12-4-3-5-18-12/h3-7,13H,2H2,1H3. The molecule has 0 saturated heterocycles. The Morgan fingerprint density at radius 1 is 1.28 bits per heavy atom. The fraction of sp³-hybridized carbons (Fsp3) is 0.231. The zero-order valence-electron chi connectivity index (χ0n) is 9.62. The molecule has 0 aliphatic heterocycles. The van der Waals surface area contributed by atoms with Crippen molar-refractivity contribution in [2.24, 2.45) is 0 Å². The van der Waals surface area contributed by atoms with Crippen LogP contribution < -0.4 is 4.74 Å². The first-order valence-corrected chi connectivity index (χ1v) is 7.50. The van der Waals surface area contributed by atoms with Crippen LogP contribution in [0.3, 0.4) is 0 Å². The maximum absolute atomic E-state index is 6.41. The van der Waals surface area contributed by atoms with Gasteiger partial charge in [0, 0.05) is 16.0 Å². The quantitative estimate of drug-likeness (QED) is 0.648. The summed E-state index contributed by atoms with van der Waals surface area (Å²) in [6, 6.07) is 7.42. The van der Waals surface area contributed by atoms with Crippen LogP contribution in [0.2, 0.25) is 10.0 Å². The van der Waals surface area contributed by atoms with Crippen LogP contribution in [0.4, 0.5) is 0 Å². The first-order valence-electron chi connectivity index (χ1n) is 5.42. The van der Waals surface area contributed by atoms with Crippen molar-refractivity contribution in [1.29, 1.82) is 0 Å². The number of ether oxygens (including phenoxy) is 1. The Balaban J connectivity index is 2.37. The van der Waals surface area contributed by atoms with Gasteiger partial charge in [-0.3, -0.25) is 0 Å². The highest BCUT2D eigenvalue weighted by Crippen LogP contribution is 2.40. The second kappa shape index (κ2) is 6.16. The van der Waals surface area contributed by atoms with E-state index in [1.54, 1.807) is 23.5 Å². The van der Waals surface area contributed by atoms with E-state index in [1.165, 1.54) is 0 Å². The summed E-state index contributed by atoms with van der Waals surface area (Å²) in [6.07, 6.45) is 0. The van der Waals surface area contributed by atoms with Gasteiger partial charge in [-0.1, -0.05) is 29.3 Å². The third-order valence-electron chi connectivity index (χ3n) is 2.42. The molecule has 0 amide bonds. The van der Waals surface area contributed by atoms with Crippen molar-refractivity contribution in [1.82, 2.24) is 0 Å². The Morgan fingerprint density at radius 3 is 2.67 bits per heavy atom. The fourth-order valence-corrected chi connectivity index (χ4v) is 3.26. The van der Waals surface area contributed by atoms with Crippen LogP contribution in [0.1, 0.15) is 22.7 Å². The molecule has 0 bridgehead atoms. The normalized spacial score (nSPS) is 12.4. The van der Waals surface area contributed by atoms with E-state index in [-0.39, 0.29) is 5.38 Å². The molecule has 0 radical (unpaired) electrons. The topological polar surface area (TPSA) is 9.23 Å². The second-order valence-corrected chi connectivity index (χ2v) is 5.85. The molecule has 1 unspecified atom stereocenters. The van der Waals surface area contributed by atoms with Crippen LogP contribution in [0.5, 0.6) is 5.75 Å². The van der Waals surface area contributed by atoms with E-state index in [0.29, 0.717) is 22.4 Å². The molecule has 96 valence electrons. The Labute approximate surface area is 125 Å². The highest BCUT2D eigenvalue weighted by Gasteiger charge is 2.17. The molecule has 1 heterocycles. The maximum Gasteiger partial charge on any atom is 0.139 e. The molecule has 1 aromatic heterocycles. The minimum absolute atomic E-state index is 0.286. The molecule has 2 rings (SSSR count). The number of hydrogen-bond acceptors (Lipinski definition) is 2. The average molecular weight is 322 g/mol. The van der Waals surface area contributed by atoms with Crippen molar-refractivity contribution < 1.29 is 4.74 Å². The zero-order chi connectivity index (χ0) is 13.1. The summed E-state index contributed by atoms with van der Waals surface area (Å²) in [7, 11) is 0. The van der Waals surface area contributed by atoms with Gasteiger partial charge >= 0.3 is 0 Å². The van der Waals surface area contributed by atoms with Gasteiger partial charge in [-0.15, -0.1) is 22.9 Å². The molecular weight excluding hydrogens is 311 g/mol. The summed E-state index contributed by atoms with van der Waals surface area (Å²) in [6.45, 7) is 2.44. The van der Waals surface area contributed by atoms with Crippen molar-refractivity contribution in [3.05, 3.63) is 50.1 Å². The first-order chi connectivity index (χ1) is 8.63. The molecule has 0 aliphatic rings. The van der Waals surface area contributed by atoms with Gasteiger partial charge < -0.3 is 4.74 Å². The zero-order valence-corrected chi connectivity index (χ0v) is 12.7. The highest BCUT2D eigenvalue weighted by molar-refractivity contribution is 7.10. The van der Waals surface area contributed by atoms with Crippen LogP contribution in [0.15, 0.2) is 29.6 Å². The van der Waals surface area contributed by atoms with Crippen molar-refractivity contribution in [3.8, 4) is 5.75 Å². The van der Waals surface area contributed by atoms with Crippen molar-refractivity contribution >= 4 is 46.1 Å². The van der Waals surface area contributed by atoms with Gasteiger partial charge in [-0.2, -0.15) is 0 Å². The van der Waals surface area contributed by atoms with Gasteiger partial charge in [0.25, 0.3) is 0 Å². The van der Waals surface area contributed by atoms with E-state index in [2.05, 4.69) is 0 Å². The number of alkyl halides is 1. The van der Waals surface area contributed by atoms with Crippen molar-refractivity contribution in [3.63, 3.8) is 0 Å². The molecule has 1 aromatic carbocycles. The number of rotatable bonds is 4. The molecule has 1 atom stereocenters. The summed E-state index contributed by atoms with van der Waals surface area (Å²) in [5.74, 6) is 0.586. The van der Waals surface area contributed by atoms with Gasteiger partial charge in [-0.05, 0) is 30.0 Å². The predicted octanol–water partition coefficient (Wildman–Crippen LogP) is 5.78. The highest BCUT2D eigenvalue weighted by atomic mass is 35.5. The number of benzene rings is 1. The van der Waals surface area contributed by atoms with E-state index < -0.39 is 0 Å². The number of hydrogen-bond donors (Lipinski definition) is 0. The lowest BCUT2D eigenvalue weighted by Crippen LogP contribution is -1.96. The Morgan fingerprint density at radius 2 is 2.06 bits per heavy atom. The monoisotopic (exact) mass is 320 g/mol. The minimum atomic E-state index is -0.286. The molecule has 0 spiro atoms. The summed E-state index contributed by atoms with van der Waals surface area (Å²) in [5.41, 5.74) is 0.800. The second-order valence-electron chi connectivity index (χ2n) is 3.62. The van der Waals surface area contributed by atoms with E-state index in [4.69, 9.17) is 39.5 Å². The van der Waals surface area contributed by atoms with Crippen LogP contribution >= 0.6 is 46.1 Å². The van der Waals surface area contributed by atoms with Crippen molar-refractivity contribution in [2.45, 2.75) is 12.3 Å². The number of thiophene rings is 1. The van der Waals surface area contributed by atoms with Crippen LogP contribution in [0, 0.1) is 0 Å². The lowest BCUT2D eigenvalue weighted by atomic mass is 10.1. The Bertz CT molecular complexity index is 525. The van der Waals surface area contributed by atoms with E-state index >= 15 is 0 Å². The lowest BCUT2D eigenvalue weighted by Gasteiger charge is -2.13. The van der Waals surface area contributed by atoms with Crippen LogP contribution in [-0.4, -0.2) is 6.61 Å². The van der Waals surface area contributed by atoms with Gasteiger partial charge in [0.1, 0.15) is 5.75 Å². The van der Waals surface area contributed by atoms with Crippen LogP contribution in [0.25, 0.3) is 0 Å². The molecule has 5 heteroatoms. The first kappa shape index (κ1) is 14.0. The molecule has 0 N–H and O–H groups in total. The molecule has 0 aliphatic carbocycles. The average Bonchev–Trinajstić information content (AvgIpc) is 2.86. The summed E-state index contributed by atoms with van der Waals surface area (Å²) >= 11 is 20.4. The van der Waals surface area contributed by atoms with Crippen molar-refractivity contribution in [2.75, 3.05) is 6.61 Å². The largest absolute Gasteiger partial charge is 0.492 e. The summed E-state index contributed by atoms with van der Waals surface area (Å²) < 4.78 is 5.39. The van der Waals surface area contributed by atoms with Gasteiger partial charge in [-0.25, -0.2) is 0 Å². The maximum atomic E-state index is 6.41. The van der Waals surface area contributed by atoms with Gasteiger partial charge in [0.05, 0.1) is 17.0 Å². The Kier molecular flexibility index (Phi) is 4.79.